The van der Waals surface area contributed by atoms with Crippen molar-refractivity contribution in [3.05, 3.63) is 28.2 Å². The maximum absolute atomic E-state index is 11.9. The summed E-state index contributed by atoms with van der Waals surface area (Å²) in [4.78, 5) is 23.2. The number of carboxylic acid groups (broad SMARTS) is 1. The van der Waals surface area contributed by atoms with E-state index < -0.39 is 17.4 Å². The van der Waals surface area contributed by atoms with Crippen LogP contribution in [0.5, 0.6) is 0 Å². The van der Waals surface area contributed by atoms with Gasteiger partial charge in [-0.15, -0.1) is 0 Å². The number of hydrogen-bond donors (Lipinski definition) is 3. The standard InChI is InChI=1S/C14H18Cl2N2O3/c1-3-7-14(2,13(20)21)17-8-11(19)18-12-9(15)5-4-6-10(12)16/h4-6,17H,3,7-8H2,1-2H3,(H,18,19)(H,20,21). The molecule has 1 rings (SSSR count). The number of benzene rings is 1. The predicted molar refractivity (Wildman–Crippen MR) is 84.0 cm³/mol. The molecule has 3 N–H and O–H groups in total. The first-order chi connectivity index (χ1) is 9.80. The first kappa shape index (κ1) is 17.8. The highest BCUT2D eigenvalue weighted by atomic mass is 35.5. The number of nitrogens with one attached hydrogen (secondary N) is 2. The second-order valence-electron chi connectivity index (χ2n) is 4.89. The molecule has 21 heavy (non-hydrogen) atoms. The highest BCUT2D eigenvalue weighted by Crippen LogP contribution is 2.29. The smallest absolute Gasteiger partial charge is 0.323 e. The number of carbonyl (C=O) groups excluding carboxylic acids is 1. The van der Waals surface area contributed by atoms with Gasteiger partial charge in [-0.3, -0.25) is 14.9 Å². The summed E-state index contributed by atoms with van der Waals surface area (Å²) in [5.41, 5.74) is -0.823. The van der Waals surface area contributed by atoms with E-state index in [1.54, 1.807) is 25.1 Å². The van der Waals surface area contributed by atoms with Gasteiger partial charge in [-0.2, -0.15) is 0 Å². The van der Waals surface area contributed by atoms with E-state index in [4.69, 9.17) is 23.2 Å². The SMILES string of the molecule is CCCC(C)(NCC(=O)Nc1c(Cl)cccc1Cl)C(=O)O. The summed E-state index contributed by atoms with van der Waals surface area (Å²) in [6.07, 6.45) is 1.11. The van der Waals surface area contributed by atoms with Gasteiger partial charge >= 0.3 is 5.97 Å². The second kappa shape index (κ2) is 7.64. The molecule has 116 valence electrons. The van der Waals surface area contributed by atoms with E-state index in [-0.39, 0.29) is 6.54 Å². The number of halogens is 2. The Hall–Kier alpha value is -1.30. The monoisotopic (exact) mass is 332 g/mol. The van der Waals surface area contributed by atoms with Gasteiger partial charge in [0.1, 0.15) is 5.54 Å². The molecular formula is C14H18Cl2N2O3. The molecule has 0 aliphatic carbocycles. The fourth-order valence-corrected chi connectivity index (χ4v) is 2.34. The Morgan fingerprint density at radius 1 is 1.29 bits per heavy atom. The molecule has 1 aromatic rings. The Bertz CT molecular complexity index is 517. The first-order valence-electron chi connectivity index (χ1n) is 6.52. The largest absolute Gasteiger partial charge is 0.480 e. The molecule has 0 saturated heterocycles. The molecule has 7 heteroatoms. The van der Waals surface area contributed by atoms with Crippen molar-refractivity contribution in [1.82, 2.24) is 5.32 Å². The minimum Gasteiger partial charge on any atom is -0.480 e. The van der Waals surface area contributed by atoms with Crippen molar-refractivity contribution in [2.24, 2.45) is 0 Å². The summed E-state index contributed by atoms with van der Waals surface area (Å²) >= 11 is 11.9. The lowest BCUT2D eigenvalue weighted by molar-refractivity contribution is -0.144. The van der Waals surface area contributed by atoms with Gasteiger partial charge in [0, 0.05) is 0 Å². The van der Waals surface area contributed by atoms with E-state index in [1.807, 2.05) is 6.92 Å². The molecule has 0 saturated carbocycles. The third kappa shape index (κ3) is 4.88. The lowest BCUT2D eigenvalue weighted by atomic mass is 9.96. The van der Waals surface area contributed by atoms with E-state index in [9.17, 15) is 14.7 Å². The zero-order valence-corrected chi connectivity index (χ0v) is 13.4. The Balaban J connectivity index is 2.68. The maximum Gasteiger partial charge on any atom is 0.323 e. The number of hydrogen-bond acceptors (Lipinski definition) is 3. The lowest BCUT2D eigenvalue weighted by Crippen LogP contribution is -2.51. The fraction of sp³-hybridized carbons (Fsp3) is 0.429. The lowest BCUT2D eigenvalue weighted by Gasteiger charge is -2.25. The second-order valence-corrected chi connectivity index (χ2v) is 5.70. The summed E-state index contributed by atoms with van der Waals surface area (Å²) in [5.74, 6) is -1.40. The average molecular weight is 333 g/mol. The van der Waals surface area contributed by atoms with E-state index in [1.165, 1.54) is 0 Å². The zero-order chi connectivity index (χ0) is 16.0. The molecule has 5 nitrogen and oxygen atoms in total. The topological polar surface area (TPSA) is 78.4 Å². The molecule has 1 unspecified atom stereocenters. The average Bonchev–Trinajstić information content (AvgIpc) is 2.41. The maximum atomic E-state index is 11.9. The highest BCUT2D eigenvalue weighted by Gasteiger charge is 2.32. The summed E-state index contributed by atoms with van der Waals surface area (Å²) in [6.45, 7) is 3.28. The van der Waals surface area contributed by atoms with Gasteiger partial charge < -0.3 is 10.4 Å². The molecule has 1 aromatic carbocycles. The van der Waals surface area contributed by atoms with Crippen LogP contribution in [0, 0.1) is 0 Å². The summed E-state index contributed by atoms with van der Waals surface area (Å²) in [5, 5.41) is 15.2. The van der Waals surface area contributed by atoms with Gasteiger partial charge in [-0.25, -0.2) is 0 Å². The molecule has 0 fully saturated rings. The molecule has 0 radical (unpaired) electrons. The third-order valence-electron chi connectivity index (χ3n) is 3.09. The van der Waals surface area contributed by atoms with Gasteiger partial charge in [0.05, 0.1) is 22.3 Å². The van der Waals surface area contributed by atoms with Crippen molar-refractivity contribution in [2.75, 3.05) is 11.9 Å². The molecule has 1 atom stereocenters. The van der Waals surface area contributed by atoms with Gasteiger partial charge in [0.15, 0.2) is 0 Å². The van der Waals surface area contributed by atoms with Gasteiger partial charge in [-0.05, 0) is 25.5 Å². The van der Waals surface area contributed by atoms with Gasteiger partial charge in [0.2, 0.25) is 5.91 Å². The minimum absolute atomic E-state index is 0.148. The van der Waals surface area contributed by atoms with E-state index in [0.717, 1.165) is 0 Å². The number of rotatable bonds is 7. The number of amides is 1. The van der Waals surface area contributed by atoms with Crippen LogP contribution in [0.4, 0.5) is 5.69 Å². The fourth-order valence-electron chi connectivity index (χ4n) is 1.85. The molecule has 0 aliphatic rings. The quantitative estimate of drug-likeness (QED) is 0.716. The Kier molecular flexibility index (Phi) is 6.45. The van der Waals surface area contributed by atoms with Crippen molar-refractivity contribution in [2.45, 2.75) is 32.2 Å². The molecule has 0 bridgehead atoms. The van der Waals surface area contributed by atoms with Crippen molar-refractivity contribution in [3.63, 3.8) is 0 Å². The van der Waals surface area contributed by atoms with Crippen molar-refractivity contribution in [1.29, 1.82) is 0 Å². The van der Waals surface area contributed by atoms with E-state index in [2.05, 4.69) is 10.6 Å². The van der Waals surface area contributed by atoms with E-state index >= 15 is 0 Å². The molecule has 0 spiro atoms. The Morgan fingerprint density at radius 2 is 1.86 bits per heavy atom. The van der Waals surface area contributed by atoms with Crippen LogP contribution in [0.15, 0.2) is 18.2 Å². The zero-order valence-electron chi connectivity index (χ0n) is 11.9. The van der Waals surface area contributed by atoms with Crippen LogP contribution < -0.4 is 10.6 Å². The van der Waals surface area contributed by atoms with Crippen LogP contribution in [0.3, 0.4) is 0 Å². The van der Waals surface area contributed by atoms with Gasteiger partial charge in [0.25, 0.3) is 0 Å². The Labute approximate surface area is 133 Å². The van der Waals surface area contributed by atoms with Gasteiger partial charge in [-0.1, -0.05) is 42.6 Å². The third-order valence-corrected chi connectivity index (χ3v) is 3.72. The number of aliphatic carboxylic acids is 1. The number of carbonyl (C=O) groups is 2. The summed E-state index contributed by atoms with van der Waals surface area (Å²) in [7, 11) is 0. The number of carboxylic acids is 1. The van der Waals surface area contributed by atoms with Crippen molar-refractivity contribution in [3.8, 4) is 0 Å². The van der Waals surface area contributed by atoms with Crippen LogP contribution >= 0.6 is 23.2 Å². The van der Waals surface area contributed by atoms with Crippen molar-refractivity contribution >= 4 is 40.8 Å². The predicted octanol–water partition coefficient (Wildman–Crippen LogP) is 3.16. The van der Waals surface area contributed by atoms with Crippen LogP contribution in [-0.2, 0) is 9.59 Å². The molecule has 0 heterocycles. The number of anilines is 1. The van der Waals surface area contributed by atoms with Crippen LogP contribution in [0.1, 0.15) is 26.7 Å². The van der Waals surface area contributed by atoms with Crippen LogP contribution in [0.2, 0.25) is 10.0 Å². The Morgan fingerprint density at radius 3 is 2.33 bits per heavy atom. The highest BCUT2D eigenvalue weighted by molar-refractivity contribution is 6.39. The molecule has 0 aliphatic heterocycles. The summed E-state index contributed by atoms with van der Waals surface area (Å²) < 4.78 is 0. The molecular weight excluding hydrogens is 315 g/mol. The first-order valence-corrected chi connectivity index (χ1v) is 7.28. The van der Waals surface area contributed by atoms with Crippen molar-refractivity contribution < 1.29 is 14.7 Å². The van der Waals surface area contributed by atoms with E-state index in [0.29, 0.717) is 28.6 Å². The number of para-hydroxylation sites is 1. The summed E-state index contributed by atoms with van der Waals surface area (Å²) in [6, 6.07) is 4.88. The van der Waals surface area contributed by atoms with Crippen LogP contribution in [-0.4, -0.2) is 29.1 Å². The van der Waals surface area contributed by atoms with Crippen LogP contribution in [0.25, 0.3) is 0 Å². The normalized spacial score (nSPS) is 13.5. The molecule has 1 amide bonds. The molecule has 0 aromatic heterocycles. The minimum atomic E-state index is -1.14.